The number of nitrogens with zero attached hydrogens (tertiary/aromatic N) is 2. The van der Waals surface area contributed by atoms with Crippen LogP contribution >= 0.6 is 0 Å². The summed E-state index contributed by atoms with van der Waals surface area (Å²) in [5.41, 5.74) is 0.763. The quantitative estimate of drug-likeness (QED) is 0.790. The molecule has 0 aliphatic carbocycles. The van der Waals surface area contributed by atoms with Gasteiger partial charge in [0.05, 0.1) is 6.61 Å². The number of sulfonamides is 1. The van der Waals surface area contributed by atoms with Crippen molar-refractivity contribution in [3.05, 3.63) is 24.0 Å². The first-order chi connectivity index (χ1) is 6.98. The minimum Gasteiger partial charge on any atom is -0.395 e. The van der Waals surface area contributed by atoms with Crippen molar-refractivity contribution in [2.45, 2.75) is 11.8 Å². The average molecular weight is 230 g/mol. The third-order valence-electron chi connectivity index (χ3n) is 2.01. The van der Waals surface area contributed by atoms with E-state index in [0.717, 1.165) is 10.00 Å². The Morgan fingerprint density at radius 1 is 1.47 bits per heavy atom. The van der Waals surface area contributed by atoms with Crippen molar-refractivity contribution in [3.8, 4) is 0 Å². The van der Waals surface area contributed by atoms with Crippen LogP contribution < -0.4 is 0 Å². The summed E-state index contributed by atoms with van der Waals surface area (Å²) in [6.07, 6.45) is 1.32. The van der Waals surface area contributed by atoms with E-state index < -0.39 is 10.0 Å². The van der Waals surface area contributed by atoms with Crippen LogP contribution in [-0.4, -0.2) is 43.0 Å². The molecule has 0 radical (unpaired) electrons. The van der Waals surface area contributed by atoms with E-state index in [-0.39, 0.29) is 18.0 Å². The predicted molar refractivity (Wildman–Crippen MR) is 55.9 cm³/mol. The Morgan fingerprint density at radius 2 is 2.13 bits per heavy atom. The molecular weight excluding hydrogens is 216 g/mol. The maximum Gasteiger partial charge on any atom is 0.244 e. The maximum absolute atomic E-state index is 11.8. The number of rotatable bonds is 4. The molecule has 1 heterocycles. The highest BCUT2D eigenvalue weighted by molar-refractivity contribution is 7.89. The first-order valence-electron chi connectivity index (χ1n) is 4.48. The van der Waals surface area contributed by atoms with Gasteiger partial charge in [-0.15, -0.1) is 0 Å². The fourth-order valence-corrected chi connectivity index (χ4v) is 2.16. The fourth-order valence-electron chi connectivity index (χ4n) is 1.05. The van der Waals surface area contributed by atoms with Crippen LogP contribution in [0, 0.1) is 6.92 Å². The molecule has 0 aliphatic rings. The first-order valence-corrected chi connectivity index (χ1v) is 5.92. The summed E-state index contributed by atoms with van der Waals surface area (Å²) in [7, 11) is -2.09. The highest BCUT2D eigenvalue weighted by atomic mass is 32.2. The van der Waals surface area contributed by atoms with Gasteiger partial charge >= 0.3 is 0 Å². The van der Waals surface area contributed by atoms with E-state index in [1.165, 1.54) is 19.3 Å². The van der Waals surface area contributed by atoms with Crippen molar-refractivity contribution >= 4 is 10.0 Å². The van der Waals surface area contributed by atoms with E-state index in [2.05, 4.69) is 4.98 Å². The van der Waals surface area contributed by atoms with Gasteiger partial charge in [0.25, 0.3) is 0 Å². The molecule has 0 atom stereocenters. The molecule has 1 rings (SSSR count). The molecule has 0 bridgehead atoms. The normalized spacial score (nSPS) is 12.0. The van der Waals surface area contributed by atoms with Crippen molar-refractivity contribution in [2.24, 2.45) is 0 Å². The fraction of sp³-hybridized carbons (Fsp3) is 0.444. The van der Waals surface area contributed by atoms with Crippen LogP contribution in [0.15, 0.2) is 23.2 Å². The Morgan fingerprint density at radius 3 is 2.60 bits per heavy atom. The Kier molecular flexibility index (Phi) is 3.78. The number of pyridine rings is 1. The van der Waals surface area contributed by atoms with E-state index in [1.807, 2.05) is 0 Å². The summed E-state index contributed by atoms with van der Waals surface area (Å²) >= 11 is 0. The number of aliphatic hydroxyl groups is 1. The molecular formula is C9H14N2O3S. The van der Waals surface area contributed by atoms with Gasteiger partial charge in [0, 0.05) is 25.5 Å². The summed E-state index contributed by atoms with van der Waals surface area (Å²) in [6, 6.07) is 3.14. The van der Waals surface area contributed by atoms with Gasteiger partial charge in [-0.3, -0.25) is 4.98 Å². The number of aromatic nitrogens is 1. The summed E-state index contributed by atoms with van der Waals surface area (Å²) in [4.78, 5) is 4.06. The van der Waals surface area contributed by atoms with Crippen LogP contribution in [0.25, 0.3) is 0 Å². The molecule has 0 saturated heterocycles. The molecule has 0 unspecified atom stereocenters. The van der Waals surface area contributed by atoms with Gasteiger partial charge in [0.2, 0.25) is 10.0 Å². The number of hydrogen-bond acceptors (Lipinski definition) is 4. The number of hydrogen-bond donors (Lipinski definition) is 1. The lowest BCUT2D eigenvalue weighted by Crippen LogP contribution is -2.29. The first kappa shape index (κ1) is 12.1. The zero-order valence-corrected chi connectivity index (χ0v) is 9.53. The van der Waals surface area contributed by atoms with Crippen LogP contribution in [0.4, 0.5) is 0 Å². The highest BCUT2D eigenvalue weighted by Gasteiger charge is 2.19. The summed E-state index contributed by atoms with van der Waals surface area (Å²) in [5, 5.41) is 8.67. The van der Waals surface area contributed by atoms with E-state index >= 15 is 0 Å². The van der Waals surface area contributed by atoms with Crippen LogP contribution in [0.5, 0.6) is 0 Å². The third-order valence-corrected chi connectivity index (χ3v) is 3.85. The van der Waals surface area contributed by atoms with Crippen LogP contribution in [0.1, 0.15) is 5.69 Å². The van der Waals surface area contributed by atoms with Gasteiger partial charge in [-0.1, -0.05) is 0 Å². The largest absolute Gasteiger partial charge is 0.395 e. The molecule has 0 fully saturated rings. The molecule has 1 aromatic heterocycles. The smallest absolute Gasteiger partial charge is 0.244 e. The minimum absolute atomic E-state index is 0.0796. The van der Waals surface area contributed by atoms with E-state index in [1.54, 1.807) is 13.0 Å². The molecule has 0 aliphatic heterocycles. The minimum atomic E-state index is -3.51. The monoisotopic (exact) mass is 230 g/mol. The Balaban J connectivity index is 3.01. The molecule has 0 saturated carbocycles. The Hall–Kier alpha value is -0.980. The zero-order valence-electron chi connectivity index (χ0n) is 8.71. The maximum atomic E-state index is 11.8. The van der Waals surface area contributed by atoms with Crippen molar-refractivity contribution in [2.75, 3.05) is 20.2 Å². The van der Waals surface area contributed by atoms with Crippen molar-refractivity contribution in [3.63, 3.8) is 0 Å². The van der Waals surface area contributed by atoms with Gasteiger partial charge < -0.3 is 5.11 Å². The molecule has 15 heavy (non-hydrogen) atoms. The SMILES string of the molecule is Cc1ccc(S(=O)(=O)N(C)CCO)cn1. The third kappa shape index (κ3) is 2.74. The van der Waals surface area contributed by atoms with Crippen molar-refractivity contribution in [1.82, 2.24) is 9.29 Å². The van der Waals surface area contributed by atoms with E-state index in [9.17, 15) is 8.42 Å². The second-order valence-electron chi connectivity index (χ2n) is 3.19. The molecule has 5 nitrogen and oxygen atoms in total. The lowest BCUT2D eigenvalue weighted by Gasteiger charge is -2.15. The summed E-state index contributed by atoms with van der Waals surface area (Å²) in [6.45, 7) is 1.67. The average Bonchev–Trinajstić information content (AvgIpc) is 2.18. The molecule has 1 N–H and O–H groups in total. The van der Waals surface area contributed by atoms with E-state index in [4.69, 9.17) is 5.11 Å². The lowest BCUT2D eigenvalue weighted by atomic mass is 10.4. The van der Waals surface area contributed by atoms with Gasteiger partial charge in [0.1, 0.15) is 4.90 Å². The molecule has 0 aromatic carbocycles. The van der Waals surface area contributed by atoms with Crippen molar-refractivity contribution in [1.29, 1.82) is 0 Å². The van der Waals surface area contributed by atoms with Crippen molar-refractivity contribution < 1.29 is 13.5 Å². The standard InChI is InChI=1S/C9H14N2O3S/c1-8-3-4-9(7-10-8)15(13,14)11(2)5-6-12/h3-4,7,12H,5-6H2,1-2H3. The van der Waals surface area contributed by atoms with Gasteiger partial charge in [-0.05, 0) is 19.1 Å². The topological polar surface area (TPSA) is 70.5 Å². The molecule has 1 aromatic rings. The van der Waals surface area contributed by atoms with E-state index in [0.29, 0.717) is 0 Å². The molecule has 84 valence electrons. The Bertz CT molecular complexity index is 413. The van der Waals surface area contributed by atoms with Gasteiger partial charge in [-0.2, -0.15) is 4.31 Å². The second-order valence-corrected chi connectivity index (χ2v) is 5.23. The summed E-state index contributed by atoms with van der Waals surface area (Å²) in [5.74, 6) is 0. The summed E-state index contributed by atoms with van der Waals surface area (Å²) < 4.78 is 24.7. The van der Waals surface area contributed by atoms with Gasteiger partial charge in [0.15, 0.2) is 0 Å². The Labute approximate surface area is 89.4 Å². The van der Waals surface area contributed by atoms with Crippen LogP contribution in [0.3, 0.4) is 0 Å². The molecule has 6 heteroatoms. The number of likely N-dealkylation sites (N-methyl/N-ethyl adjacent to an activating group) is 1. The van der Waals surface area contributed by atoms with Gasteiger partial charge in [-0.25, -0.2) is 8.42 Å². The highest BCUT2D eigenvalue weighted by Crippen LogP contribution is 2.12. The van der Waals surface area contributed by atoms with Crippen LogP contribution in [-0.2, 0) is 10.0 Å². The zero-order chi connectivity index (χ0) is 11.5. The predicted octanol–water partition coefficient (Wildman–Crippen LogP) is 0.00282. The second kappa shape index (κ2) is 4.69. The molecule has 0 amide bonds. The lowest BCUT2D eigenvalue weighted by molar-refractivity contribution is 0.266. The number of aryl methyl sites for hydroxylation is 1. The molecule has 0 spiro atoms. The number of aliphatic hydroxyl groups excluding tert-OH is 1. The van der Waals surface area contributed by atoms with Crippen LogP contribution in [0.2, 0.25) is 0 Å².